The van der Waals surface area contributed by atoms with Crippen molar-refractivity contribution in [2.24, 2.45) is 0 Å². The summed E-state index contributed by atoms with van der Waals surface area (Å²) in [6.07, 6.45) is 0. The van der Waals surface area contributed by atoms with Crippen LogP contribution >= 0.6 is 0 Å². The maximum Gasteiger partial charge on any atom is 0.241 e. The van der Waals surface area contributed by atoms with Gasteiger partial charge in [0, 0.05) is 13.2 Å². The van der Waals surface area contributed by atoms with Gasteiger partial charge in [-0.1, -0.05) is 12.1 Å². The summed E-state index contributed by atoms with van der Waals surface area (Å²) >= 11 is 0. The number of rotatable bonds is 8. The van der Waals surface area contributed by atoms with E-state index in [0.717, 1.165) is 0 Å². The third-order valence-corrected chi connectivity index (χ3v) is 4.95. The molecule has 130 valence electrons. The van der Waals surface area contributed by atoms with Crippen LogP contribution in [0.2, 0.25) is 0 Å². The molecule has 7 heteroatoms. The number of benzene rings is 2. The molecule has 1 atom stereocenters. The molecule has 0 bridgehead atoms. The standard InChI is InChI=1S/C17H20FNO4S/c1-13(14-3-5-15(18)6-4-14)19-24(20,21)17-9-7-16(8-10-17)23-12-11-22-2/h3-10,13,19H,11-12H2,1-2H3/t13-/m1/s1. The van der Waals surface area contributed by atoms with Crippen molar-refractivity contribution in [3.8, 4) is 5.75 Å². The molecule has 2 aromatic carbocycles. The fraction of sp³-hybridized carbons (Fsp3) is 0.294. The van der Waals surface area contributed by atoms with Gasteiger partial charge in [0.1, 0.15) is 18.2 Å². The number of methoxy groups -OCH3 is 1. The Labute approximate surface area is 141 Å². The van der Waals surface area contributed by atoms with Crippen LogP contribution in [0.15, 0.2) is 53.4 Å². The number of hydrogen-bond donors (Lipinski definition) is 1. The number of ether oxygens (including phenoxy) is 2. The summed E-state index contributed by atoms with van der Waals surface area (Å²) in [7, 11) is -2.11. The Morgan fingerprint density at radius 1 is 1.04 bits per heavy atom. The van der Waals surface area contributed by atoms with E-state index < -0.39 is 16.1 Å². The lowest BCUT2D eigenvalue weighted by molar-refractivity contribution is 0.146. The van der Waals surface area contributed by atoms with Crippen LogP contribution in [0.5, 0.6) is 5.75 Å². The third-order valence-electron chi connectivity index (χ3n) is 3.39. The highest BCUT2D eigenvalue weighted by Crippen LogP contribution is 2.19. The van der Waals surface area contributed by atoms with Gasteiger partial charge in [-0.25, -0.2) is 17.5 Å². The molecule has 0 saturated carbocycles. The van der Waals surface area contributed by atoms with Crippen LogP contribution in [0, 0.1) is 5.82 Å². The van der Waals surface area contributed by atoms with Crippen LogP contribution in [0.25, 0.3) is 0 Å². The quantitative estimate of drug-likeness (QED) is 0.741. The highest BCUT2D eigenvalue weighted by Gasteiger charge is 2.18. The fourth-order valence-electron chi connectivity index (χ4n) is 2.08. The van der Waals surface area contributed by atoms with Crippen molar-refractivity contribution in [2.45, 2.75) is 17.9 Å². The number of sulfonamides is 1. The zero-order valence-electron chi connectivity index (χ0n) is 13.5. The van der Waals surface area contributed by atoms with Crippen LogP contribution in [-0.4, -0.2) is 28.7 Å². The molecule has 0 fully saturated rings. The molecular weight excluding hydrogens is 333 g/mol. The first kappa shape index (κ1) is 18.4. The molecule has 0 spiro atoms. The Hall–Kier alpha value is -1.96. The van der Waals surface area contributed by atoms with Gasteiger partial charge in [-0.15, -0.1) is 0 Å². The average molecular weight is 353 g/mol. The molecule has 2 rings (SSSR count). The second-order valence-corrected chi connectivity index (χ2v) is 6.92. The second kappa shape index (κ2) is 8.23. The molecule has 24 heavy (non-hydrogen) atoms. The van der Waals surface area contributed by atoms with Crippen LogP contribution in [-0.2, 0) is 14.8 Å². The van der Waals surface area contributed by atoms with E-state index in [1.165, 1.54) is 24.3 Å². The number of halogens is 1. The van der Waals surface area contributed by atoms with Crippen LogP contribution in [0.3, 0.4) is 0 Å². The Bertz CT molecular complexity index is 745. The van der Waals surface area contributed by atoms with Crippen molar-refractivity contribution in [3.05, 3.63) is 59.9 Å². The molecule has 0 aliphatic rings. The first-order valence-corrected chi connectivity index (χ1v) is 8.90. The Kier molecular flexibility index (Phi) is 6.30. The van der Waals surface area contributed by atoms with E-state index in [9.17, 15) is 12.8 Å². The minimum Gasteiger partial charge on any atom is -0.491 e. The van der Waals surface area contributed by atoms with Gasteiger partial charge in [-0.3, -0.25) is 0 Å². The van der Waals surface area contributed by atoms with Crippen molar-refractivity contribution < 1.29 is 22.3 Å². The van der Waals surface area contributed by atoms with Gasteiger partial charge in [-0.05, 0) is 48.9 Å². The fourth-order valence-corrected chi connectivity index (χ4v) is 3.31. The van der Waals surface area contributed by atoms with Gasteiger partial charge in [-0.2, -0.15) is 0 Å². The first-order valence-electron chi connectivity index (χ1n) is 7.42. The third kappa shape index (κ3) is 5.02. The monoisotopic (exact) mass is 353 g/mol. The van der Waals surface area contributed by atoms with Gasteiger partial charge in [0.25, 0.3) is 0 Å². The molecule has 0 saturated heterocycles. The lowest BCUT2D eigenvalue weighted by atomic mass is 10.1. The van der Waals surface area contributed by atoms with Crippen molar-refractivity contribution in [1.29, 1.82) is 0 Å². The van der Waals surface area contributed by atoms with Crippen LogP contribution in [0.1, 0.15) is 18.5 Å². The molecule has 1 N–H and O–H groups in total. The lowest BCUT2D eigenvalue weighted by Crippen LogP contribution is -2.26. The molecular formula is C17H20FNO4S. The van der Waals surface area contributed by atoms with E-state index in [-0.39, 0.29) is 10.7 Å². The van der Waals surface area contributed by atoms with Gasteiger partial charge < -0.3 is 9.47 Å². The summed E-state index contributed by atoms with van der Waals surface area (Å²) in [4.78, 5) is 0.135. The summed E-state index contributed by atoms with van der Waals surface area (Å²) in [5.74, 6) is 0.204. The summed E-state index contributed by atoms with van der Waals surface area (Å²) in [5, 5.41) is 0. The summed E-state index contributed by atoms with van der Waals surface area (Å²) in [5.41, 5.74) is 0.680. The van der Waals surface area contributed by atoms with Gasteiger partial charge >= 0.3 is 0 Å². The number of hydrogen-bond acceptors (Lipinski definition) is 4. The molecule has 0 radical (unpaired) electrons. The minimum absolute atomic E-state index is 0.135. The van der Waals surface area contributed by atoms with E-state index in [2.05, 4.69) is 4.72 Å². The molecule has 0 aliphatic heterocycles. The highest BCUT2D eigenvalue weighted by molar-refractivity contribution is 7.89. The van der Waals surface area contributed by atoms with Crippen molar-refractivity contribution in [3.63, 3.8) is 0 Å². The Morgan fingerprint density at radius 3 is 2.25 bits per heavy atom. The molecule has 2 aromatic rings. The molecule has 0 heterocycles. The van der Waals surface area contributed by atoms with Gasteiger partial charge in [0.15, 0.2) is 0 Å². The predicted molar refractivity (Wildman–Crippen MR) is 88.9 cm³/mol. The van der Waals surface area contributed by atoms with E-state index >= 15 is 0 Å². The largest absolute Gasteiger partial charge is 0.491 e. The van der Waals surface area contributed by atoms with Crippen LogP contribution in [0.4, 0.5) is 4.39 Å². The Morgan fingerprint density at radius 2 is 1.67 bits per heavy atom. The first-order chi connectivity index (χ1) is 11.4. The van der Waals surface area contributed by atoms with E-state index in [4.69, 9.17) is 9.47 Å². The average Bonchev–Trinajstić information content (AvgIpc) is 2.56. The molecule has 0 aromatic heterocycles. The maximum absolute atomic E-state index is 12.9. The molecule has 5 nitrogen and oxygen atoms in total. The Balaban J connectivity index is 2.05. The SMILES string of the molecule is COCCOc1ccc(S(=O)(=O)N[C@H](C)c2ccc(F)cc2)cc1. The molecule has 0 aliphatic carbocycles. The zero-order valence-corrected chi connectivity index (χ0v) is 14.3. The second-order valence-electron chi connectivity index (χ2n) is 5.21. The van der Waals surface area contributed by atoms with E-state index in [1.807, 2.05) is 0 Å². The van der Waals surface area contributed by atoms with E-state index in [1.54, 1.807) is 38.3 Å². The summed E-state index contributed by atoms with van der Waals surface area (Å²) < 4.78 is 50.6. The van der Waals surface area contributed by atoms with Crippen molar-refractivity contribution in [2.75, 3.05) is 20.3 Å². The zero-order chi connectivity index (χ0) is 17.6. The maximum atomic E-state index is 12.9. The normalized spacial score (nSPS) is 12.8. The molecule has 0 unspecified atom stereocenters. The van der Waals surface area contributed by atoms with Gasteiger partial charge in [0.2, 0.25) is 10.0 Å². The number of nitrogens with one attached hydrogen (secondary N) is 1. The van der Waals surface area contributed by atoms with E-state index in [0.29, 0.717) is 24.5 Å². The minimum atomic E-state index is -3.68. The topological polar surface area (TPSA) is 64.6 Å². The molecule has 0 amide bonds. The summed E-state index contributed by atoms with van der Waals surface area (Å²) in [6, 6.07) is 11.3. The van der Waals surface area contributed by atoms with Crippen molar-refractivity contribution >= 4 is 10.0 Å². The lowest BCUT2D eigenvalue weighted by Gasteiger charge is -2.15. The van der Waals surface area contributed by atoms with Crippen molar-refractivity contribution in [1.82, 2.24) is 4.72 Å². The smallest absolute Gasteiger partial charge is 0.241 e. The predicted octanol–water partition coefficient (Wildman–Crippen LogP) is 2.89. The summed E-state index contributed by atoms with van der Waals surface area (Å²) in [6.45, 7) is 2.55. The van der Waals surface area contributed by atoms with Gasteiger partial charge in [0.05, 0.1) is 11.5 Å². The highest BCUT2D eigenvalue weighted by atomic mass is 32.2. The van der Waals surface area contributed by atoms with Crippen LogP contribution < -0.4 is 9.46 Å².